The van der Waals surface area contributed by atoms with Crippen LogP contribution in [0.3, 0.4) is 0 Å². The normalized spacial score (nSPS) is 17.8. The lowest BCUT2D eigenvalue weighted by atomic mass is 10.1. The largest absolute Gasteiger partial charge is 0.454 e. The van der Waals surface area contributed by atoms with Crippen molar-refractivity contribution in [1.29, 1.82) is 0 Å². The van der Waals surface area contributed by atoms with E-state index in [4.69, 9.17) is 39.5 Å². The molecule has 8 nitrogen and oxygen atoms in total. The maximum atomic E-state index is 13.3. The van der Waals surface area contributed by atoms with Gasteiger partial charge in [0.1, 0.15) is 0 Å². The number of nitrogens with zero attached hydrogens (tertiary/aromatic N) is 3. The lowest BCUT2D eigenvalue weighted by Crippen LogP contribution is -2.52. The molecule has 0 bridgehead atoms. The van der Waals surface area contributed by atoms with Crippen LogP contribution in [0, 0.1) is 0 Å². The molecule has 2 aliphatic rings. The van der Waals surface area contributed by atoms with Crippen LogP contribution in [0.1, 0.15) is 27.1 Å². The Morgan fingerprint density at radius 2 is 1.52 bits per heavy atom. The van der Waals surface area contributed by atoms with Crippen LogP contribution in [0.4, 0.5) is 11.4 Å². The molecule has 5 rings (SSSR count). The van der Waals surface area contributed by atoms with Crippen LogP contribution in [0.25, 0.3) is 0 Å². The van der Waals surface area contributed by atoms with Gasteiger partial charge in [-0.2, -0.15) is 0 Å². The average Bonchev–Trinajstić information content (AvgIpc) is 3.25. The Kier molecular flexibility index (Phi) is 8.42. The van der Waals surface area contributed by atoms with Crippen molar-refractivity contribution in [2.24, 2.45) is 0 Å². The van der Waals surface area contributed by atoms with E-state index in [1.54, 1.807) is 0 Å². The summed E-state index contributed by atoms with van der Waals surface area (Å²) in [7, 11) is 0. The summed E-state index contributed by atoms with van der Waals surface area (Å²) in [4.78, 5) is 56.4. The van der Waals surface area contributed by atoms with E-state index in [2.05, 4.69) is 4.90 Å². The van der Waals surface area contributed by atoms with Crippen molar-refractivity contribution in [2.75, 3.05) is 42.6 Å². The average molecular weight is 601 g/mol. The lowest BCUT2D eigenvalue weighted by molar-refractivity contribution is -0.123. The summed E-state index contributed by atoms with van der Waals surface area (Å²) >= 11 is 18.0. The van der Waals surface area contributed by atoms with E-state index < -0.39 is 24.4 Å². The predicted octanol–water partition coefficient (Wildman–Crippen LogP) is 5.14. The highest BCUT2D eigenvalue weighted by Crippen LogP contribution is 2.28. The molecule has 2 fully saturated rings. The number of carbonyl (C=O) groups is 4. The number of hydrogen-bond donors (Lipinski definition) is 0. The van der Waals surface area contributed by atoms with E-state index >= 15 is 0 Å². The molecule has 2 heterocycles. The van der Waals surface area contributed by atoms with E-state index in [9.17, 15) is 19.2 Å². The van der Waals surface area contributed by atoms with Crippen molar-refractivity contribution < 1.29 is 23.9 Å². The summed E-state index contributed by atoms with van der Waals surface area (Å²) < 4.78 is 5.14. The van der Waals surface area contributed by atoms with Crippen molar-refractivity contribution >= 4 is 69.7 Å². The monoisotopic (exact) mass is 599 g/mol. The number of hydrogen-bond acceptors (Lipinski definition) is 7. The number of rotatable bonds is 7. The third-order valence-corrected chi connectivity index (χ3v) is 7.76. The number of Topliss-reactive ketones (excluding diaryl/α,β-unsaturated/α-hetero) is 1. The molecule has 0 N–H and O–H groups in total. The Bertz CT molecular complexity index is 1470. The molecule has 0 saturated carbocycles. The first-order valence-electron chi connectivity index (χ1n) is 12.6. The number of ketones is 1. The molecular formula is C29H24Cl3N3O5. The number of piperazine rings is 1. The SMILES string of the molecule is O=C(OCC(=O)c1ccc(Cl)cc1Cl)c1ccc(N2C(=O)CC(N3CCN(c4cccc(Cl)c4)CC3)C2=O)cc1. The highest BCUT2D eigenvalue weighted by atomic mass is 35.5. The van der Waals surface area contributed by atoms with Crippen molar-refractivity contribution in [3.63, 3.8) is 0 Å². The van der Waals surface area contributed by atoms with Gasteiger partial charge in [-0.15, -0.1) is 0 Å². The first kappa shape index (κ1) is 28.1. The molecule has 2 aliphatic heterocycles. The molecule has 0 aromatic heterocycles. The third kappa shape index (κ3) is 6.00. The summed E-state index contributed by atoms with van der Waals surface area (Å²) in [5.41, 5.74) is 1.77. The standard InChI is InChI=1S/C29H24Cl3N3O5/c30-19-2-1-3-22(14-19)33-10-12-34(13-11-33)25-16-27(37)35(28(25)38)21-7-4-18(5-8-21)29(39)40-17-26(36)23-9-6-20(31)15-24(23)32/h1-9,14-15,25H,10-13,16-17H2. The second kappa shape index (κ2) is 12.0. The predicted molar refractivity (Wildman–Crippen MR) is 154 cm³/mol. The summed E-state index contributed by atoms with van der Waals surface area (Å²) in [6, 6.07) is 17.5. The summed E-state index contributed by atoms with van der Waals surface area (Å²) in [5.74, 6) is -1.78. The van der Waals surface area contributed by atoms with E-state index in [-0.39, 0.29) is 34.4 Å². The fourth-order valence-electron chi connectivity index (χ4n) is 4.89. The fourth-order valence-corrected chi connectivity index (χ4v) is 5.59. The lowest BCUT2D eigenvalue weighted by Gasteiger charge is -2.38. The van der Waals surface area contributed by atoms with Crippen LogP contribution < -0.4 is 9.80 Å². The van der Waals surface area contributed by atoms with Gasteiger partial charge >= 0.3 is 5.97 Å². The first-order valence-corrected chi connectivity index (χ1v) is 13.7. The van der Waals surface area contributed by atoms with Crippen LogP contribution in [-0.2, 0) is 14.3 Å². The summed E-state index contributed by atoms with van der Waals surface area (Å²) in [5, 5.41) is 1.22. The van der Waals surface area contributed by atoms with Gasteiger partial charge in [0.25, 0.3) is 5.91 Å². The Labute approximate surface area is 245 Å². The quantitative estimate of drug-likeness (QED) is 0.211. The van der Waals surface area contributed by atoms with Gasteiger partial charge < -0.3 is 9.64 Å². The molecule has 40 heavy (non-hydrogen) atoms. The molecule has 3 aromatic carbocycles. The zero-order valence-corrected chi connectivity index (χ0v) is 23.5. The highest BCUT2D eigenvalue weighted by Gasteiger charge is 2.43. The maximum absolute atomic E-state index is 13.3. The fraction of sp³-hybridized carbons (Fsp3) is 0.241. The number of amides is 2. The van der Waals surface area contributed by atoms with Crippen LogP contribution in [0.2, 0.25) is 15.1 Å². The smallest absolute Gasteiger partial charge is 0.338 e. The van der Waals surface area contributed by atoms with E-state index in [0.717, 1.165) is 10.6 Å². The number of carbonyl (C=O) groups excluding carboxylic acids is 4. The Balaban J connectivity index is 1.17. The minimum Gasteiger partial charge on any atom is -0.454 e. The minimum absolute atomic E-state index is 0.0924. The van der Waals surface area contributed by atoms with Crippen LogP contribution in [-0.4, -0.2) is 67.3 Å². The van der Waals surface area contributed by atoms with Crippen LogP contribution in [0.5, 0.6) is 0 Å². The highest BCUT2D eigenvalue weighted by molar-refractivity contribution is 6.37. The van der Waals surface area contributed by atoms with Gasteiger partial charge in [0.05, 0.1) is 28.7 Å². The molecule has 0 spiro atoms. The molecule has 2 saturated heterocycles. The van der Waals surface area contributed by atoms with Gasteiger partial charge in [-0.1, -0.05) is 40.9 Å². The molecule has 206 valence electrons. The van der Waals surface area contributed by atoms with Gasteiger partial charge in [0.2, 0.25) is 11.7 Å². The van der Waals surface area contributed by atoms with Crippen molar-refractivity contribution in [2.45, 2.75) is 12.5 Å². The second-order valence-corrected chi connectivity index (χ2v) is 10.7. The Morgan fingerprint density at radius 3 is 2.20 bits per heavy atom. The zero-order chi connectivity index (χ0) is 28.4. The van der Waals surface area contributed by atoms with Gasteiger partial charge in [-0.3, -0.25) is 19.3 Å². The molecular weight excluding hydrogens is 577 g/mol. The maximum Gasteiger partial charge on any atom is 0.338 e. The number of imide groups is 1. The van der Waals surface area contributed by atoms with Crippen molar-refractivity contribution in [3.05, 3.63) is 92.9 Å². The zero-order valence-electron chi connectivity index (χ0n) is 21.2. The van der Waals surface area contributed by atoms with E-state index in [1.165, 1.54) is 42.5 Å². The number of ether oxygens (including phenoxy) is 1. The molecule has 3 aromatic rings. The van der Waals surface area contributed by atoms with Gasteiger partial charge in [-0.25, -0.2) is 9.69 Å². The molecule has 1 atom stereocenters. The number of benzene rings is 3. The van der Waals surface area contributed by atoms with Gasteiger partial charge in [-0.05, 0) is 60.7 Å². The molecule has 11 heteroatoms. The second-order valence-electron chi connectivity index (χ2n) is 9.46. The number of halogens is 3. The van der Waals surface area contributed by atoms with Crippen molar-refractivity contribution in [3.8, 4) is 0 Å². The van der Waals surface area contributed by atoms with Gasteiger partial charge in [0, 0.05) is 47.5 Å². The Hall–Kier alpha value is -3.43. The van der Waals surface area contributed by atoms with Crippen molar-refractivity contribution in [1.82, 2.24) is 4.90 Å². The summed E-state index contributed by atoms with van der Waals surface area (Å²) in [6.45, 7) is 2.19. The van der Waals surface area contributed by atoms with E-state index in [1.807, 2.05) is 29.2 Å². The topological polar surface area (TPSA) is 87.2 Å². The molecule has 0 aliphatic carbocycles. The summed E-state index contributed by atoms with van der Waals surface area (Å²) in [6.07, 6.45) is 0.0924. The number of anilines is 2. The van der Waals surface area contributed by atoms with Crippen LogP contribution in [0.15, 0.2) is 66.7 Å². The minimum atomic E-state index is -0.723. The molecule has 2 amide bonds. The van der Waals surface area contributed by atoms with Gasteiger partial charge in [0.15, 0.2) is 6.61 Å². The Morgan fingerprint density at radius 1 is 0.825 bits per heavy atom. The molecule has 0 radical (unpaired) electrons. The third-order valence-electron chi connectivity index (χ3n) is 6.98. The first-order chi connectivity index (χ1) is 19.2. The number of esters is 1. The molecule has 1 unspecified atom stereocenters. The van der Waals surface area contributed by atoms with Crippen LogP contribution >= 0.6 is 34.8 Å². The van der Waals surface area contributed by atoms with E-state index in [0.29, 0.717) is 41.9 Å².